The molecule has 2 N–H and O–H groups in total. The van der Waals surface area contributed by atoms with Crippen LogP contribution >= 0.6 is 0 Å². The highest BCUT2D eigenvalue weighted by Crippen LogP contribution is 2.14. The Hall–Kier alpha value is -3.02. The van der Waals surface area contributed by atoms with E-state index in [-0.39, 0.29) is 6.61 Å². The molecule has 132 valence electrons. The van der Waals surface area contributed by atoms with Crippen molar-refractivity contribution in [2.45, 2.75) is 26.9 Å². The Morgan fingerprint density at radius 2 is 1.68 bits per heavy atom. The third-order valence-corrected chi connectivity index (χ3v) is 3.39. The summed E-state index contributed by atoms with van der Waals surface area (Å²) in [7, 11) is 0. The van der Waals surface area contributed by atoms with Crippen LogP contribution in [0.4, 0.5) is 0 Å². The molecule has 2 rings (SSSR count). The van der Waals surface area contributed by atoms with Gasteiger partial charge in [-0.2, -0.15) is 0 Å². The van der Waals surface area contributed by atoms with Crippen molar-refractivity contribution in [3.63, 3.8) is 0 Å². The summed E-state index contributed by atoms with van der Waals surface area (Å²) in [6.45, 7) is 5.31. The summed E-state index contributed by atoms with van der Waals surface area (Å²) in [5, 5.41) is 0. The molecule has 2 amide bonds. The average molecular weight is 342 g/mol. The van der Waals surface area contributed by atoms with Gasteiger partial charge in [0, 0.05) is 0 Å². The molecule has 0 aliphatic carbocycles. The van der Waals surface area contributed by atoms with E-state index in [0.717, 1.165) is 11.1 Å². The zero-order chi connectivity index (χ0) is 18.2. The first-order valence-corrected chi connectivity index (χ1v) is 7.95. The van der Waals surface area contributed by atoms with E-state index in [2.05, 4.69) is 10.9 Å². The van der Waals surface area contributed by atoms with Gasteiger partial charge in [-0.25, -0.2) is 0 Å². The number of benzene rings is 2. The number of nitrogens with one attached hydrogen (secondary N) is 2. The van der Waals surface area contributed by atoms with Crippen LogP contribution in [0.1, 0.15) is 18.1 Å². The van der Waals surface area contributed by atoms with Crippen molar-refractivity contribution in [1.82, 2.24) is 10.9 Å². The first-order valence-electron chi connectivity index (χ1n) is 7.95. The third-order valence-electron chi connectivity index (χ3n) is 3.39. The van der Waals surface area contributed by atoms with E-state index >= 15 is 0 Å². The number of ether oxygens (including phenoxy) is 2. The van der Waals surface area contributed by atoms with Crippen LogP contribution in [0.2, 0.25) is 0 Å². The van der Waals surface area contributed by atoms with E-state index in [4.69, 9.17) is 9.47 Å². The van der Waals surface area contributed by atoms with Gasteiger partial charge in [-0.15, -0.1) is 0 Å². The van der Waals surface area contributed by atoms with E-state index < -0.39 is 17.9 Å². The third kappa shape index (κ3) is 6.18. The molecule has 0 fully saturated rings. The van der Waals surface area contributed by atoms with Gasteiger partial charge < -0.3 is 9.47 Å². The van der Waals surface area contributed by atoms with Gasteiger partial charge in [0.15, 0.2) is 12.7 Å². The number of carbonyl (C=O) groups excluding carboxylic acids is 2. The zero-order valence-electron chi connectivity index (χ0n) is 14.5. The topological polar surface area (TPSA) is 76.7 Å². The van der Waals surface area contributed by atoms with Gasteiger partial charge in [0.25, 0.3) is 11.8 Å². The minimum absolute atomic E-state index is 0.198. The van der Waals surface area contributed by atoms with Crippen molar-refractivity contribution in [2.24, 2.45) is 0 Å². The van der Waals surface area contributed by atoms with Gasteiger partial charge >= 0.3 is 0 Å². The molecular formula is C19H22N2O4. The highest BCUT2D eigenvalue weighted by Gasteiger charge is 2.15. The Bertz CT molecular complexity index is 728. The molecular weight excluding hydrogens is 320 g/mol. The monoisotopic (exact) mass is 342 g/mol. The van der Waals surface area contributed by atoms with Crippen LogP contribution < -0.4 is 20.3 Å². The summed E-state index contributed by atoms with van der Waals surface area (Å²) < 4.78 is 10.9. The van der Waals surface area contributed by atoms with E-state index in [1.807, 2.05) is 44.2 Å². The molecule has 0 saturated carbocycles. The van der Waals surface area contributed by atoms with Crippen LogP contribution in [-0.2, 0) is 9.59 Å². The van der Waals surface area contributed by atoms with Gasteiger partial charge in [-0.1, -0.05) is 29.8 Å². The zero-order valence-corrected chi connectivity index (χ0v) is 14.5. The highest BCUT2D eigenvalue weighted by molar-refractivity contribution is 5.85. The fraction of sp³-hybridized carbons (Fsp3) is 0.263. The molecule has 2 aromatic rings. The molecule has 1 atom stereocenters. The van der Waals surface area contributed by atoms with Crippen LogP contribution in [0.3, 0.4) is 0 Å². The van der Waals surface area contributed by atoms with E-state index in [1.165, 1.54) is 0 Å². The predicted octanol–water partition coefficient (Wildman–Crippen LogP) is 2.30. The Morgan fingerprint density at radius 3 is 2.36 bits per heavy atom. The Labute approximate surface area is 147 Å². The number of hydrogen-bond acceptors (Lipinski definition) is 4. The van der Waals surface area contributed by atoms with Crippen molar-refractivity contribution in [3.05, 3.63) is 59.7 Å². The fourth-order valence-electron chi connectivity index (χ4n) is 2.00. The second kappa shape index (κ2) is 8.73. The maximum Gasteiger partial charge on any atom is 0.279 e. The molecule has 0 unspecified atom stereocenters. The van der Waals surface area contributed by atoms with E-state index in [0.29, 0.717) is 11.5 Å². The van der Waals surface area contributed by atoms with Crippen molar-refractivity contribution in [3.8, 4) is 11.5 Å². The first-order chi connectivity index (χ1) is 11.9. The fourth-order valence-corrected chi connectivity index (χ4v) is 2.00. The van der Waals surface area contributed by atoms with Crippen molar-refractivity contribution < 1.29 is 19.1 Å². The minimum atomic E-state index is -0.750. The lowest BCUT2D eigenvalue weighted by Crippen LogP contribution is -2.48. The smallest absolute Gasteiger partial charge is 0.279 e. The molecule has 0 aliphatic heterocycles. The molecule has 0 saturated heterocycles. The summed E-state index contributed by atoms with van der Waals surface area (Å²) >= 11 is 0. The molecule has 0 aromatic heterocycles. The molecule has 0 radical (unpaired) electrons. The lowest BCUT2D eigenvalue weighted by atomic mass is 10.2. The first kappa shape index (κ1) is 18.3. The summed E-state index contributed by atoms with van der Waals surface area (Å²) in [6.07, 6.45) is -0.750. The number of amides is 2. The standard InChI is InChI=1S/C19H22N2O4/c1-13-7-9-16(10-8-13)24-12-18(22)20-21-19(23)15(3)25-17-6-4-5-14(2)11-17/h4-11,15H,12H2,1-3H3,(H,20,22)(H,21,23)/t15-/m0/s1. The van der Waals surface area contributed by atoms with Crippen molar-refractivity contribution >= 4 is 11.8 Å². The summed E-state index contributed by atoms with van der Waals surface area (Å²) in [4.78, 5) is 23.7. The number of hydrogen-bond donors (Lipinski definition) is 2. The van der Waals surface area contributed by atoms with Gasteiger partial charge in [0.2, 0.25) is 0 Å². The lowest BCUT2D eigenvalue weighted by Gasteiger charge is -2.15. The maximum atomic E-state index is 12.0. The largest absolute Gasteiger partial charge is 0.484 e. The van der Waals surface area contributed by atoms with Gasteiger partial charge in [0.1, 0.15) is 11.5 Å². The number of aryl methyl sites for hydroxylation is 2. The molecule has 2 aromatic carbocycles. The molecule has 0 bridgehead atoms. The Kier molecular flexibility index (Phi) is 6.39. The predicted molar refractivity (Wildman–Crippen MR) is 94.2 cm³/mol. The van der Waals surface area contributed by atoms with Gasteiger partial charge in [-0.05, 0) is 50.6 Å². The van der Waals surface area contributed by atoms with E-state index in [9.17, 15) is 9.59 Å². The summed E-state index contributed by atoms with van der Waals surface area (Å²) in [5.41, 5.74) is 6.75. The average Bonchev–Trinajstić information content (AvgIpc) is 2.59. The SMILES string of the molecule is Cc1ccc(OCC(=O)NNC(=O)[C@H](C)Oc2cccc(C)c2)cc1. The number of rotatable bonds is 6. The van der Waals surface area contributed by atoms with E-state index in [1.54, 1.807) is 25.1 Å². The quantitative estimate of drug-likeness (QED) is 0.790. The molecule has 6 heteroatoms. The molecule has 0 spiro atoms. The number of hydrazine groups is 1. The number of carbonyl (C=O) groups is 2. The van der Waals surface area contributed by atoms with Crippen LogP contribution in [-0.4, -0.2) is 24.5 Å². The molecule has 0 aliphatic rings. The molecule has 6 nitrogen and oxygen atoms in total. The summed E-state index contributed by atoms with van der Waals surface area (Å²) in [5.74, 6) is 0.266. The summed E-state index contributed by atoms with van der Waals surface area (Å²) in [6, 6.07) is 14.7. The Morgan fingerprint density at radius 1 is 0.960 bits per heavy atom. The van der Waals surface area contributed by atoms with Crippen LogP contribution in [0, 0.1) is 13.8 Å². The normalized spacial score (nSPS) is 11.3. The van der Waals surface area contributed by atoms with Gasteiger partial charge in [-0.3, -0.25) is 20.4 Å². The van der Waals surface area contributed by atoms with Crippen LogP contribution in [0.15, 0.2) is 48.5 Å². The Balaban J connectivity index is 1.72. The van der Waals surface area contributed by atoms with Crippen LogP contribution in [0.5, 0.6) is 11.5 Å². The van der Waals surface area contributed by atoms with Crippen LogP contribution in [0.25, 0.3) is 0 Å². The molecule has 0 heterocycles. The second-order valence-corrected chi connectivity index (χ2v) is 5.72. The second-order valence-electron chi connectivity index (χ2n) is 5.72. The maximum absolute atomic E-state index is 12.0. The molecule has 25 heavy (non-hydrogen) atoms. The minimum Gasteiger partial charge on any atom is -0.484 e. The lowest BCUT2D eigenvalue weighted by molar-refractivity contribution is -0.133. The highest BCUT2D eigenvalue weighted by atomic mass is 16.5. The van der Waals surface area contributed by atoms with Crippen molar-refractivity contribution in [2.75, 3.05) is 6.61 Å². The van der Waals surface area contributed by atoms with Gasteiger partial charge in [0.05, 0.1) is 0 Å². The van der Waals surface area contributed by atoms with Crippen molar-refractivity contribution in [1.29, 1.82) is 0 Å².